The molecule has 5 heteroatoms. The maximum Gasteiger partial charge on any atom is 0.169 e. The Morgan fingerprint density at radius 2 is 2.00 bits per heavy atom. The lowest BCUT2D eigenvalue weighted by Crippen LogP contribution is -2.52. The van der Waals surface area contributed by atoms with Crippen molar-refractivity contribution >= 4 is 34.6 Å². The summed E-state index contributed by atoms with van der Waals surface area (Å²) in [5.41, 5.74) is 3.57. The van der Waals surface area contributed by atoms with E-state index in [1.165, 1.54) is 11.3 Å². The summed E-state index contributed by atoms with van der Waals surface area (Å²) >= 11 is 11.5. The van der Waals surface area contributed by atoms with Gasteiger partial charge in [-0.2, -0.15) is 0 Å². The van der Waals surface area contributed by atoms with Gasteiger partial charge in [-0.05, 0) is 43.8 Å². The third-order valence-electron chi connectivity index (χ3n) is 3.62. The summed E-state index contributed by atoms with van der Waals surface area (Å²) in [7, 11) is 0. The molecule has 1 aliphatic heterocycles. The average Bonchev–Trinajstić information content (AvgIpc) is 2.47. The van der Waals surface area contributed by atoms with Crippen LogP contribution in [0.4, 0.5) is 5.69 Å². The van der Waals surface area contributed by atoms with Gasteiger partial charge in [0, 0.05) is 43.4 Å². The Morgan fingerprint density at radius 3 is 2.62 bits per heavy atom. The molecule has 1 N–H and O–H groups in total. The molecule has 0 radical (unpaired) electrons. The van der Waals surface area contributed by atoms with E-state index in [0.29, 0.717) is 0 Å². The van der Waals surface area contributed by atoms with Crippen molar-refractivity contribution in [2.24, 2.45) is 0 Å². The number of halogens is 1. The Kier molecular flexibility index (Phi) is 5.48. The SMILES string of the molecule is C=C(C)CNC(=S)N1CCN(c2cc(Cl)ccc2C)CC1. The molecular weight excluding hydrogens is 302 g/mol. The van der Waals surface area contributed by atoms with Crippen molar-refractivity contribution in [1.82, 2.24) is 10.2 Å². The van der Waals surface area contributed by atoms with Crippen LogP contribution >= 0.6 is 23.8 Å². The highest BCUT2D eigenvalue weighted by molar-refractivity contribution is 7.80. The van der Waals surface area contributed by atoms with E-state index in [4.69, 9.17) is 23.8 Å². The van der Waals surface area contributed by atoms with Gasteiger partial charge in [-0.25, -0.2) is 0 Å². The van der Waals surface area contributed by atoms with Crippen LogP contribution in [0.25, 0.3) is 0 Å². The summed E-state index contributed by atoms with van der Waals surface area (Å²) in [5.74, 6) is 0. The van der Waals surface area contributed by atoms with Gasteiger partial charge < -0.3 is 15.1 Å². The number of thiocarbonyl (C=S) groups is 1. The molecule has 1 fully saturated rings. The summed E-state index contributed by atoms with van der Waals surface area (Å²) in [6, 6.07) is 6.06. The number of hydrogen-bond donors (Lipinski definition) is 1. The van der Waals surface area contributed by atoms with Gasteiger partial charge in [-0.15, -0.1) is 0 Å². The zero-order valence-electron chi connectivity index (χ0n) is 12.7. The highest BCUT2D eigenvalue weighted by Crippen LogP contribution is 2.25. The molecule has 0 spiro atoms. The quantitative estimate of drug-likeness (QED) is 0.679. The Balaban J connectivity index is 1.92. The maximum absolute atomic E-state index is 6.11. The molecule has 0 saturated carbocycles. The second-order valence-electron chi connectivity index (χ2n) is 5.52. The van der Waals surface area contributed by atoms with Gasteiger partial charge in [0.1, 0.15) is 0 Å². The number of anilines is 1. The smallest absolute Gasteiger partial charge is 0.169 e. The van der Waals surface area contributed by atoms with Crippen molar-refractivity contribution in [3.8, 4) is 0 Å². The molecule has 0 atom stereocenters. The first-order valence-corrected chi connectivity index (χ1v) is 7.94. The maximum atomic E-state index is 6.11. The van der Waals surface area contributed by atoms with Crippen LogP contribution in [-0.2, 0) is 0 Å². The van der Waals surface area contributed by atoms with Crippen molar-refractivity contribution in [2.45, 2.75) is 13.8 Å². The van der Waals surface area contributed by atoms with E-state index < -0.39 is 0 Å². The molecule has 1 aliphatic rings. The van der Waals surface area contributed by atoms with Crippen LogP contribution < -0.4 is 10.2 Å². The third kappa shape index (κ3) is 4.35. The van der Waals surface area contributed by atoms with Crippen LogP contribution in [0.15, 0.2) is 30.4 Å². The molecule has 2 rings (SSSR count). The number of nitrogens with one attached hydrogen (secondary N) is 1. The molecule has 3 nitrogen and oxygen atoms in total. The van der Waals surface area contributed by atoms with Crippen LogP contribution in [0.3, 0.4) is 0 Å². The van der Waals surface area contributed by atoms with Crippen molar-refractivity contribution in [1.29, 1.82) is 0 Å². The topological polar surface area (TPSA) is 18.5 Å². The minimum Gasteiger partial charge on any atom is -0.368 e. The molecule has 114 valence electrons. The summed E-state index contributed by atoms with van der Waals surface area (Å²) in [5, 5.41) is 4.85. The monoisotopic (exact) mass is 323 g/mol. The molecule has 0 amide bonds. The fourth-order valence-electron chi connectivity index (χ4n) is 2.41. The predicted octanol–water partition coefficient (Wildman–Crippen LogP) is 3.22. The van der Waals surface area contributed by atoms with Crippen LogP contribution in [0.5, 0.6) is 0 Å². The van der Waals surface area contributed by atoms with Gasteiger partial charge in [0.25, 0.3) is 0 Å². The Hall–Kier alpha value is -1.26. The van der Waals surface area contributed by atoms with E-state index in [2.05, 4.69) is 34.7 Å². The van der Waals surface area contributed by atoms with Crippen molar-refractivity contribution < 1.29 is 0 Å². The van der Waals surface area contributed by atoms with E-state index in [1.807, 2.05) is 19.1 Å². The molecule has 0 unspecified atom stereocenters. The zero-order chi connectivity index (χ0) is 15.4. The molecule has 1 aromatic rings. The van der Waals surface area contributed by atoms with Crippen molar-refractivity contribution in [3.05, 3.63) is 40.9 Å². The summed E-state index contributed by atoms with van der Waals surface area (Å²) in [6.45, 7) is 12.5. The number of nitrogens with zero attached hydrogens (tertiary/aromatic N) is 2. The van der Waals surface area contributed by atoms with Crippen LogP contribution in [0, 0.1) is 6.92 Å². The lowest BCUT2D eigenvalue weighted by Gasteiger charge is -2.38. The molecule has 21 heavy (non-hydrogen) atoms. The van der Waals surface area contributed by atoms with Crippen molar-refractivity contribution in [2.75, 3.05) is 37.6 Å². The first kappa shape index (κ1) is 16.1. The Morgan fingerprint density at radius 1 is 1.33 bits per heavy atom. The molecule has 1 aromatic carbocycles. The van der Waals surface area contributed by atoms with E-state index in [9.17, 15) is 0 Å². The molecular formula is C16H22ClN3S. The molecule has 0 aromatic heterocycles. The van der Waals surface area contributed by atoms with Gasteiger partial charge in [-0.1, -0.05) is 29.8 Å². The Bertz CT molecular complexity index is 536. The lowest BCUT2D eigenvalue weighted by atomic mass is 10.1. The minimum atomic E-state index is 0.743. The van der Waals surface area contributed by atoms with Gasteiger partial charge in [0.2, 0.25) is 0 Å². The van der Waals surface area contributed by atoms with Gasteiger partial charge in [-0.3, -0.25) is 0 Å². The van der Waals surface area contributed by atoms with E-state index >= 15 is 0 Å². The number of aryl methyl sites for hydroxylation is 1. The zero-order valence-corrected chi connectivity index (χ0v) is 14.2. The summed E-state index contributed by atoms with van der Waals surface area (Å²) in [6.07, 6.45) is 0. The van der Waals surface area contributed by atoms with E-state index in [1.54, 1.807) is 0 Å². The van der Waals surface area contributed by atoms with Gasteiger partial charge in [0.15, 0.2) is 5.11 Å². The van der Waals surface area contributed by atoms with E-state index in [-0.39, 0.29) is 0 Å². The highest BCUT2D eigenvalue weighted by atomic mass is 35.5. The standard InChI is InChI=1S/C16H22ClN3S/c1-12(2)11-18-16(21)20-8-6-19(7-9-20)15-10-14(17)5-4-13(15)3/h4-5,10H,1,6-9,11H2,2-3H3,(H,18,21). The molecule has 0 bridgehead atoms. The highest BCUT2D eigenvalue weighted by Gasteiger charge is 2.20. The van der Waals surface area contributed by atoms with Crippen LogP contribution in [0.1, 0.15) is 12.5 Å². The number of rotatable bonds is 3. The molecule has 1 saturated heterocycles. The fourth-order valence-corrected chi connectivity index (χ4v) is 2.83. The van der Waals surface area contributed by atoms with Gasteiger partial charge in [0.05, 0.1) is 0 Å². The molecule has 0 aliphatic carbocycles. The van der Waals surface area contributed by atoms with Crippen molar-refractivity contribution in [3.63, 3.8) is 0 Å². The van der Waals surface area contributed by atoms with Crippen LogP contribution in [0.2, 0.25) is 5.02 Å². The predicted molar refractivity (Wildman–Crippen MR) is 95.4 cm³/mol. The molecule has 1 heterocycles. The minimum absolute atomic E-state index is 0.743. The third-order valence-corrected chi connectivity index (χ3v) is 4.26. The van der Waals surface area contributed by atoms with Gasteiger partial charge >= 0.3 is 0 Å². The normalized spacial score (nSPS) is 15.0. The number of piperazine rings is 1. The number of benzene rings is 1. The van der Waals surface area contributed by atoms with E-state index in [0.717, 1.165) is 48.4 Å². The Labute approximate surface area is 137 Å². The average molecular weight is 324 g/mol. The summed E-state index contributed by atoms with van der Waals surface area (Å²) in [4.78, 5) is 4.59. The van der Waals surface area contributed by atoms with Crippen LogP contribution in [-0.4, -0.2) is 42.7 Å². The first-order valence-electron chi connectivity index (χ1n) is 7.15. The largest absolute Gasteiger partial charge is 0.368 e. The first-order chi connectivity index (χ1) is 9.97. The second kappa shape index (κ2) is 7.14. The fraction of sp³-hybridized carbons (Fsp3) is 0.438. The second-order valence-corrected chi connectivity index (χ2v) is 6.34. The number of hydrogen-bond acceptors (Lipinski definition) is 2. The lowest BCUT2D eigenvalue weighted by molar-refractivity contribution is 0.381. The summed E-state index contributed by atoms with van der Waals surface area (Å²) < 4.78 is 0.